The van der Waals surface area contributed by atoms with Crippen LogP contribution < -0.4 is 0 Å². The van der Waals surface area contributed by atoms with Crippen LogP contribution in [0.25, 0.3) is 0 Å². The highest BCUT2D eigenvalue weighted by molar-refractivity contribution is 7.80. The first-order valence-electron chi connectivity index (χ1n) is 6.62. The lowest BCUT2D eigenvalue weighted by Crippen LogP contribution is -2.65. The normalized spacial score (nSPS) is 35.8. The van der Waals surface area contributed by atoms with Crippen LogP contribution in [0.2, 0.25) is 0 Å². The number of hydrogen-bond donors (Lipinski definition) is 1. The molecule has 0 aromatic carbocycles. The molecule has 11 heteroatoms. The van der Waals surface area contributed by atoms with Crippen molar-refractivity contribution >= 4 is 24.6 Å². The molecule has 0 N–H and O–H groups in total. The SMILES string of the molecule is O=C(OC(CS)(C(F)(F)F)C(F)(F)F)C1C2CC3OC(=O)C1C32. The largest absolute Gasteiger partial charge is 0.462 e. The van der Waals surface area contributed by atoms with Crippen LogP contribution in [0.15, 0.2) is 0 Å². The van der Waals surface area contributed by atoms with Crippen LogP contribution >= 0.6 is 12.6 Å². The predicted octanol–water partition coefficient (Wildman–Crippen LogP) is 2.13. The molecule has 130 valence electrons. The Kier molecular flexibility index (Phi) is 3.42. The molecule has 1 saturated heterocycles. The minimum atomic E-state index is -5.88. The quantitative estimate of drug-likeness (QED) is 0.474. The van der Waals surface area contributed by atoms with Gasteiger partial charge in [-0.2, -0.15) is 39.0 Å². The Balaban J connectivity index is 1.84. The standard InChI is InChI=1S/C12H10F6O4S/c13-11(14,15)10(2-23,12(16,17)18)22-9(20)6-3-1-4-5(3)7(6)8(19)21-4/h3-7,23H,1-2H2. The molecule has 1 aliphatic heterocycles. The van der Waals surface area contributed by atoms with Gasteiger partial charge >= 0.3 is 29.9 Å². The molecule has 0 bridgehead atoms. The van der Waals surface area contributed by atoms with Crippen LogP contribution in [0.1, 0.15) is 6.42 Å². The average Bonchev–Trinajstić information content (AvgIpc) is 2.48. The molecule has 2 aliphatic carbocycles. The van der Waals surface area contributed by atoms with Gasteiger partial charge in [0.05, 0.1) is 11.8 Å². The summed E-state index contributed by atoms with van der Waals surface area (Å²) in [4.78, 5) is 23.5. The van der Waals surface area contributed by atoms with E-state index in [-0.39, 0.29) is 18.4 Å². The molecule has 5 atom stereocenters. The fraction of sp³-hybridized carbons (Fsp3) is 0.833. The molecule has 0 spiro atoms. The molecule has 0 aromatic rings. The van der Waals surface area contributed by atoms with Gasteiger partial charge in [0.15, 0.2) is 0 Å². The van der Waals surface area contributed by atoms with Crippen molar-refractivity contribution < 1.29 is 45.4 Å². The van der Waals surface area contributed by atoms with Gasteiger partial charge in [-0.3, -0.25) is 9.59 Å². The van der Waals surface area contributed by atoms with Crippen molar-refractivity contribution in [1.82, 2.24) is 0 Å². The van der Waals surface area contributed by atoms with E-state index in [0.717, 1.165) is 0 Å². The Hall–Kier alpha value is -1.13. The van der Waals surface area contributed by atoms with Gasteiger partial charge < -0.3 is 9.47 Å². The third-order valence-corrected chi connectivity index (χ3v) is 5.36. The highest BCUT2D eigenvalue weighted by Crippen LogP contribution is 2.64. The zero-order valence-electron chi connectivity index (χ0n) is 11.1. The van der Waals surface area contributed by atoms with Gasteiger partial charge in [0.25, 0.3) is 0 Å². The second kappa shape index (κ2) is 4.70. The van der Waals surface area contributed by atoms with E-state index in [4.69, 9.17) is 4.74 Å². The summed E-state index contributed by atoms with van der Waals surface area (Å²) < 4.78 is 86.4. The van der Waals surface area contributed by atoms with Gasteiger partial charge in [0, 0.05) is 11.7 Å². The van der Waals surface area contributed by atoms with Crippen LogP contribution in [0.4, 0.5) is 26.3 Å². The summed E-state index contributed by atoms with van der Waals surface area (Å²) in [6.07, 6.45) is -11.9. The first-order chi connectivity index (χ1) is 10.4. The number of alkyl halides is 6. The van der Waals surface area contributed by atoms with Crippen molar-refractivity contribution in [1.29, 1.82) is 0 Å². The number of hydrogen-bond acceptors (Lipinski definition) is 5. The summed E-state index contributed by atoms with van der Waals surface area (Å²) in [5.74, 6) is -7.36. The Labute approximate surface area is 130 Å². The van der Waals surface area contributed by atoms with Crippen molar-refractivity contribution in [2.75, 3.05) is 5.75 Å². The van der Waals surface area contributed by atoms with Crippen LogP contribution in [-0.2, 0) is 19.1 Å². The molecule has 23 heavy (non-hydrogen) atoms. The van der Waals surface area contributed by atoms with Gasteiger partial charge in [0.2, 0.25) is 0 Å². The van der Waals surface area contributed by atoms with Gasteiger partial charge in [0.1, 0.15) is 6.10 Å². The Morgan fingerprint density at radius 2 is 1.78 bits per heavy atom. The summed E-state index contributed by atoms with van der Waals surface area (Å²) >= 11 is 3.10. The number of ether oxygens (including phenoxy) is 2. The minimum absolute atomic E-state index is 0.249. The first-order valence-corrected chi connectivity index (χ1v) is 7.25. The maximum atomic E-state index is 12.9. The molecular formula is C12H10F6O4S. The number of carbonyl (C=O) groups is 2. The fourth-order valence-corrected chi connectivity index (χ4v) is 4.04. The summed E-state index contributed by atoms with van der Waals surface area (Å²) in [5, 5.41) is 0. The van der Waals surface area contributed by atoms with Crippen LogP contribution in [-0.4, -0.2) is 41.7 Å². The molecule has 4 nitrogen and oxygen atoms in total. The maximum absolute atomic E-state index is 12.9. The minimum Gasteiger partial charge on any atom is -0.462 e. The Bertz CT molecular complexity index is 545. The fourth-order valence-electron chi connectivity index (χ4n) is 3.61. The third-order valence-electron chi connectivity index (χ3n) is 4.92. The van der Waals surface area contributed by atoms with E-state index in [2.05, 4.69) is 17.4 Å². The number of esters is 2. The zero-order chi connectivity index (χ0) is 17.4. The van der Waals surface area contributed by atoms with E-state index >= 15 is 0 Å². The number of thiol groups is 1. The smallest absolute Gasteiger partial charge is 0.438 e. The van der Waals surface area contributed by atoms with E-state index in [1.54, 1.807) is 0 Å². The van der Waals surface area contributed by atoms with Crippen molar-refractivity contribution in [3.63, 3.8) is 0 Å². The molecule has 3 rings (SSSR count). The molecule has 5 unspecified atom stereocenters. The van der Waals surface area contributed by atoms with Crippen LogP contribution in [0.5, 0.6) is 0 Å². The summed E-state index contributed by atoms with van der Waals surface area (Å²) in [5.41, 5.74) is -4.70. The van der Waals surface area contributed by atoms with Gasteiger partial charge in [-0.25, -0.2) is 0 Å². The molecule has 0 amide bonds. The first kappa shape index (κ1) is 16.7. The second-order valence-corrected chi connectivity index (χ2v) is 6.22. The molecule has 2 saturated carbocycles. The van der Waals surface area contributed by atoms with E-state index in [0.29, 0.717) is 0 Å². The predicted molar refractivity (Wildman–Crippen MR) is 63.2 cm³/mol. The Morgan fingerprint density at radius 3 is 2.26 bits per heavy atom. The zero-order valence-corrected chi connectivity index (χ0v) is 12.0. The number of rotatable bonds is 3. The number of carbonyl (C=O) groups excluding carboxylic acids is 2. The Morgan fingerprint density at radius 1 is 1.22 bits per heavy atom. The molecular weight excluding hydrogens is 354 g/mol. The molecule has 0 aromatic heterocycles. The van der Waals surface area contributed by atoms with Crippen LogP contribution in [0, 0.1) is 23.7 Å². The highest BCUT2D eigenvalue weighted by atomic mass is 32.1. The summed E-state index contributed by atoms with van der Waals surface area (Å²) in [6, 6.07) is 0. The second-order valence-electron chi connectivity index (χ2n) is 5.91. The van der Waals surface area contributed by atoms with E-state index in [1.165, 1.54) is 0 Å². The van der Waals surface area contributed by atoms with E-state index < -0.39 is 53.4 Å². The van der Waals surface area contributed by atoms with E-state index in [1.807, 2.05) is 0 Å². The molecule has 0 radical (unpaired) electrons. The molecule has 3 aliphatic rings. The monoisotopic (exact) mass is 364 g/mol. The highest BCUT2D eigenvalue weighted by Gasteiger charge is 2.77. The van der Waals surface area contributed by atoms with Gasteiger partial charge in [-0.1, -0.05) is 0 Å². The van der Waals surface area contributed by atoms with Gasteiger partial charge in [-0.05, 0) is 12.3 Å². The van der Waals surface area contributed by atoms with Crippen molar-refractivity contribution in [3.8, 4) is 0 Å². The van der Waals surface area contributed by atoms with E-state index in [9.17, 15) is 35.9 Å². The maximum Gasteiger partial charge on any atom is 0.438 e. The van der Waals surface area contributed by atoms with Gasteiger partial charge in [-0.15, -0.1) is 0 Å². The van der Waals surface area contributed by atoms with Crippen molar-refractivity contribution in [3.05, 3.63) is 0 Å². The number of halogens is 6. The third kappa shape index (κ3) is 2.01. The van der Waals surface area contributed by atoms with Crippen LogP contribution in [0.3, 0.4) is 0 Å². The molecule has 1 heterocycles. The lowest BCUT2D eigenvalue weighted by molar-refractivity contribution is -0.363. The molecule has 3 fully saturated rings. The lowest BCUT2D eigenvalue weighted by Gasteiger charge is -2.54. The van der Waals surface area contributed by atoms with Crippen molar-refractivity contribution in [2.24, 2.45) is 23.7 Å². The lowest BCUT2D eigenvalue weighted by atomic mass is 9.47. The summed E-state index contributed by atoms with van der Waals surface area (Å²) in [6.45, 7) is 0. The topological polar surface area (TPSA) is 52.6 Å². The average molecular weight is 364 g/mol. The van der Waals surface area contributed by atoms with Crippen molar-refractivity contribution in [2.45, 2.75) is 30.5 Å². The summed E-state index contributed by atoms with van der Waals surface area (Å²) in [7, 11) is 0.